The summed E-state index contributed by atoms with van der Waals surface area (Å²) >= 11 is 0. The van der Waals surface area contributed by atoms with Crippen LogP contribution in [0.4, 0.5) is 11.4 Å². The first-order chi connectivity index (χ1) is 13.8. The fourth-order valence-electron chi connectivity index (χ4n) is 2.80. The summed E-state index contributed by atoms with van der Waals surface area (Å²) in [6.07, 6.45) is 0.107. The molecule has 0 bridgehead atoms. The molecule has 29 heavy (non-hydrogen) atoms. The minimum Gasteiger partial charge on any atom is -0.495 e. The number of esters is 1. The van der Waals surface area contributed by atoms with Gasteiger partial charge in [0.25, 0.3) is 0 Å². The molecule has 2 aromatic carbocycles. The van der Waals surface area contributed by atoms with Crippen LogP contribution in [0.3, 0.4) is 0 Å². The van der Waals surface area contributed by atoms with Crippen LogP contribution < -0.4 is 15.0 Å². The van der Waals surface area contributed by atoms with E-state index in [1.54, 1.807) is 44.4 Å². The first-order valence-corrected chi connectivity index (χ1v) is 9.35. The van der Waals surface area contributed by atoms with Gasteiger partial charge in [0.15, 0.2) is 0 Å². The van der Waals surface area contributed by atoms with Crippen molar-refractivity contribution < 1.29 is 23.9 Å². The Kier molecular flexibility index (Phi) is 7.77. The fourth-order valence-corrected chi connectivity index (χ4v) is 2.80. The summed E-state index contributed by atoms with van der Waals surface area (Å²) in [5.74, 6) is -0.261. The van der Waals surface area contributed by atoms with Gasteiger partial charge < -0.3 is 19.7 Å². The lowest BCUT2D eigenvalue weighted by Gasteiger charge is -2.23. The molecule has 0 saturated carbocycles. The average Bonchev–Trinajstić information content (AvgIpc) is 2.69. The van der Waals surface area contributed by atoms with Gasteiger partial charge in [-0.3, -0.25) is 9.59 Å². The number of ether oxygens (including phenoxy) is 2. The van der Waals surface area contributed by atoms with Gasteiger partial charge >= 0.3 is 5.97 Å². The third-order valence-electron chi connectivity index (χ3n) is 4.25. The molecular weight excluding hydrogens is 372 g/mol. The number of amides is 2. The Balaban J connectivity index is 2.02. The van der Waals surface area contributed by atoms with E-state index in [-0.39, 0.29) is 24.8 Å². The smallest absolute Gasteiger partial charge is 0.338 e. The number of nitrogens with one attached hydrogen (secondary N) is 1. The number of benzene rings is 2. The molecule has 7 heteroatoms. The number of nitrogens with zero attached hydrogens (tertiary/aromatic N) is 1. The molecule has 2 amide bonds. The summed E-state index contributed by atoms with van der Waals surface area (Å²) in [5.41, 5.74) is 2.59. The van der Waals surface area contributed by atoms with Crippen LogP contribution in [0.25, 0.3) is 0 Å². The molecule has 1 N–H and O–H groups in total. The molecule has 2 rings (SSSR count). The first kappa shape index (κ1) is 21.9. The van der Waals surface area contributed by atoms with Crippen molar-refractivity contribution in [2.75, 3.05) is 30.5 Å². The van der Waals surface area contributed by atoms with Crippen LogP contribution in [-0.4, -0.2) is 38.0 Å². The zero-order valence-corrected chi connectivity index (χ0v) is 17.2. The second kappa shape index (κ2) is 10.3. The maximum absolute atomic E-state index is 12.3. The third-order valence-corrected chi connectivity index (χ3v) is 4.25. The van der Waals surface area contributed by atoms with Crippen LogP contribution in [-0.2, 0) is 14.3 Å². The quantitative estimate of drug-likeness (QED) is 0.687. The van der Waals surface area contributed by atoms with E-state index in [1.807, 2.05) is 19.1 Å². The van der Waals surface area contributed by atoms with Gasteiger partial charge in [0, 0.05) is 25.6 Å². The maximum Gasteiger partial charge on any atom is 0.338 e. The topological polar surface area (TPSA) is 84.9 Å². The van der Waals surface area contributed by atoms with Crippen molar-refractivity contribution in [2.24, 2.45) is 0 Å². The van der Waals surface area contributed by atoms with Crippen LogP contribution in [0.2, 0.25) is 0 Å². The molecule has 0 fully saturated rings. The summed E-state index contributed by atoms with van der Waals surface area (Å²) in [6.45, 7) is 5.63. The molecule has 0 heterocycles. The minimum absolute atomic E-state index is 0.107. The number of carbonyl (C=O) groups is 3. The van der Waals surface area contributed by atoms with E-state index >= 15 is 0 Å². The Hall–Kier alpha value is -3.35. The first-order valence-electron chi connectivity index (χ1n) is 9.35. The van der Waals surface area contributed by atoms with Crippen molar-refractivity contribution in [1.29, 1.82) is 0 Å². The van der Waals surface area contributed by atoms with Crippen LogP contribution in [0, 0.1) is 6.92 Å². The van der Waals surface area contributed by atoms with Crippen LogP contribution >= 0.6 is 0 Å². The van der Waals surface area contributed by atoms with Crippen molar-refractivity contribution >= 4 is 29.2 Å². The number of methoxy groups -OCH3 is 1. The summed E-state index contributed by atoms with van der Waals surface area (Å²) < 4.78 is 10.3. The third kappa shape index (κ3) is 6.07. The normalized spacial score (nSPS) is 10.2. The monoisotopic (exact) mass is 398 g/mol. The Labute approximate surface area is 170 Å². The maximum atomic E-state index is 12.3. The summed E-state index contributed by atoms with van der Waals surface area (Å²) in [6, 6.07) is 12.0. The van der Waals surface area contributed by atoms with Gasteiger partial charge in [-0.15, -0.1) is 0 Å². The number of anilines is 2. The second-order valence-corrected chi connectivity index (χ2v) is 6.44. The van der Waals surface area contributed by atoms with Crippen LogP contribution in [0.15, 0.2) is 42.5 Å². The Morgan fingerprint density at radius 2 is 1.76 bits per heavy atom. The zero-order valence-electron chi connectivity index (χ0n) is 17.2. The van der Waals surface area contributed by atoms with E-state index in [4.69, 9.17) is 9.47 Å². The molecule has 2 aromatic rings. The lowest BCUT2D eigenvalue weighted by molar-refractivity contribution is -0.117. The number of aryl methyl sites for hydroxylation is 1. The predicted octanol–water partition coefficient (Wildman–Crippen LogP) is 3.56. The molecule has 0 atom stereocenters. The summed E-state index contributed by atoms with van der Waals surface area (Å²) in [7, 11) is 1.54. The Morgan fingerprint density at radius 1 is 1.07 bits per heavy atom. The molecule has 0 spiro atoms. The van der Waals surface area contributed by atoms with E-state index in [0.29, 0.717) is 29.3 Å². The average molecular weight is 398 g/mol. The predicted molar refractivity (Wildman–Crippen MR) is 111 cm³/mol. The Morgan fingerprint density at radius 3 is 2.34 bits per heavy atom. The van der Waals surface area contributed by atoms with E-state index in [0.717, 1.165) is 5.56 Å². The van der Waals surface area contributed by atoms with Crippen molar-refractivity contribution in [3.8, 4) is 5.75 Å². The second-order valence-electron chi connectivity index (χ2n) is 6.44. The molecule has 0 aliphatic rings. The highest BCUT2D eigenvalue weighted by Crippen LogP contribution is 2.29. The van der Waals surface area contributed by atoms with Gasteiger partial charge in [0.2, 0.25) is 11.8 Å². The van der Waals surface area contributed by atoms with Gasteiger partial charge in [-0.1, -0.05) is 6.07 Å². The molecule has 0 aromatic heterocycles. The highest BCUT2D eigenvalue weighted by molar-refractivity contribution is 5.96. The lowest BCUT2D eigenvalue weighted by atomic mass is 10.1. The van der Waals surface area contributed by atoms with Crippen molar-refractivity contribution in [3.05, 3.63) is 53.6 Å². The van der Waals surface area contributed by atoms with E-state index in [9.17, 15) is 14.4 Å². The van der Waals surface area contributed by atoms with E-state index in [1.165, 1.54) is 11.8 Å². The standard InChI is InChI=1S/C22H26N2O5/c1-5-29-22(27)17-7-9-18(10-8-17)23-21(26)12-13-24(16(3)25)19-14-15(2)6-11-20(19)28-4/h6-11,14H,5,12-13H2,1-4H3,(H,23,26). The van der Waals surface area contributed by atoms with Gasteiger partial charge in [-0.2, -0.15) is 0 Å². The van der Waals surface area contributed by atoms with Gasteiger partial charge in [0.1, 0.15) is 5.75 Å². The molecule has 0 radical (unpaired) electrons. The number of hydrogen-bond acceptors (Lipinski definition) is 5. The molecule has 0 saturated heterocycles. The molecule has 0 aliphatic carbocycles. The fraction of sp³-hybridized carbons (Fsp3) is 0.318. The highest BCUT2D eigenvalue weighted by atomic mass is 16.5. The minimum atomic E-state index is -0.408. The number of hydrogen-bond donors (Lipinski definition) is 1. The van der Waals surface area contributed by atoms with Crippen LogP contribution in [0.1, 0.15) is 36.2 Å². The summed E-state index contributed by atoms with van der Waals surface area (Å²) in [5, 5.41) is 2.77. The lowest BCUT2D eigenvalue weighted by Crippen LogP contribution is -2.32. The highest BCUT2D eigenvalue weighted by Gasteiger charge is 2.18. The van der Waals surface area contributed by atoms with Gasteiger partial charge in [-0.05, 0) is 55.8 Å². The zero-order chi connectivity index (χ0) is 21.4. The Bertz CT molecular complexity index is 877. The van der Waals surface area contributed by atoms with Crippen molar-refractivity contribution in [1.82, 2.24) is 0 Å². The summed E-state index contributed by atoms with van der Waals surface area (Å²) in [4.78, 5) is 37.7. The molecule has 0 aliphatic heterocycles. The van der Waals surface area contributed by atoms with E-state index < -0.39 is 5.97 Å². The van der Waals surface area contributed by atoms with Gasteiger partial charge in [-0.25, -0.2) is 4.79 Å². The largest absolute Gasteiger partial charge is 0.495 e. The van der Waals surface area contributed by atoms with Crippen molar-refractivity contribution in [3.63, 3.8) is 0 Å². The molecular formula is C22H26N2O5. The number of rotatable bonds is 8. The van der Waals surface area contributed by atoms with Crippen LogP contribution in [0.5, 0.6) is 5.75 Å². The molecule has 7 nitrogen and oxygen atoms in total. The molecule has 0 unspecified atom stereocenters. The van der Waals surface area contributed by atoms with Gasteiger partial charge in [0.05, 0.1) is 25.0 Å². The molecule has 154 valence electrons. The number of carbonyl (C=O) groups excluding carboxylic acids is 3. The SMILES string of the molecule is CCOC(=O)c1ccc(NC(=O)CCN(C(C)=O)c2cc(C)ccc2OC)cc1. The van der Waals surface area contributed by atoms with E-state index in [2.05, 4.69) is 5.32 Å². The van der Waals surface area contributed by atoms with Crippen molar-refractivity contribution in [2.45, 2.75) is 27.2 Å².